The molecule has 0 aliphatic rings. The molecule has 23 heavy (non-hydrogen) atoms. The molecule has 0 aliphatic heterocycles. The number of benzene rings is 2. The van der Waals surface area contributed by atoms with Crippen LogP contribution in [0.2, 0.25) is 5.02 Å². The van der Waals surface area contributed by atoms with Crippen LogP contribution in [0.15, 0.2) is 53.0 Å². The van der Waals surface area contributed by atoms with Gasteiger partial charge in [-0.2, -0.15) is 0 Å². The number of rotatable bonds is 7. The largest absolute Gasteiger partial charge is 0.351 e. The van der Waals surface area contributed by atoms with Crippen LogP contribution in [0.3, 0.4) is 0 Å². The van der Waals surface area contributed by atoms with E-state index in [-0.39, 0.29) is 18.5 Å². The first-order valence-electron chi connectivity index (χ1n) is 7.59. The van der Waals surface area contributed by atoms with Gasteiger partial charge in [0.25, 0.3) is 0 Å². The highest BCUT2D eigenvalue weighted by Crippen LogP contribution is 2.19. The molecule has 2 aromatic carbocycles. The van der Waals surface area contributed by atoms with Crippen LogP contribution in [-0.4, -0.2) is 12.5 Å². The summed E-state index contributed by atoms with van der Waals surface area (Å²) >= 11 is 9.51. The van der Waals surface area contributed by atoms with Gasteiger partial charge in [0.15, 0.2) is 0 Å². The van der Waals surface area contributed by atoms with E-state index in [1.807, 2.05) is 36.4 Å². The summed E-state index contributed by atoms with van der Waals surface area (Å²) in [6.45, 7) is 2.82. The molecule has 2 rings (SSSR count). The van der Waals surface area contributed by atoms with Crippen molar-refractivity contribution >= 4 is 33.4 Å². The zero-order valence-corrected chi connectivity index (χ0v) is 15.3. The summed E-state index contributed by atoms with van der Waals surface area (Å²) in [5.74, 6) is -0.0412. The average Bonchev–Trinajstić information content (AvgIpc) is 2.56. The molecule has 0 saturated carbocycles. The van der Waals surface area contributed by atoms with Gasteiger partial charge in [0.05, 0.1) is 6.54 Å². The molecule has 0 fully saturated rings. The molecule has 0 radical (unpaired) electrons. The Hall–Kier alpha value is -1.36. The van der Waals surface area contributed by atoms with Crippen molar-refractivity contribution in [3.05, 3.63) is 69.2 Å². The Bertz CT molecular complexity index is 646. The molecule has 0 aliphatic carbocycles. The van der Waals surface area contributed by atoms with Crippen molar-refractivity contribution in [1.29, 1.82) is 0 Å². The lowest BCUT2D eigenvalue weighted by Gasteiger charge is -2.17. The molecular formula is C18H20BrClN2O. The van der Waals surface area contributed by atoms with E-state index in [1.165, 1.54) is 5.56 Å². The Morgan fingerprint density at radius 2 is 1.87 bits per heavy atom. The van der Waals surface area contributed by atoms with Crippen molar-refractivity contribution < 1.29 is 4.79 Å². The molecule has 5 heteroatoms. The normalized spacial score (nSPS) is 12.0. The second kappa shape index (κ2) is 9.06. The maximum absolute atomic E-state index is 12.0. The van der Waals surface area contributed by atoms with Crippen molar-refractivity contribution in [3.63, 3.8) is 0 Å². The summed E-state index contributed by atoms with van der Waals surface area (Å²) in [6, 6.07) is 15.8. The molecule has 2 aromatic rings. The summed E-state index contributed by atoms with van der Waals surface area (Å²) in [7, 11) is 0. The fourth-order valence-corrected chi connectivity index (χ4v) is 2.77. The molecule has 2 N–H and O–H groups in total. The fourth-order valence-electron chi connectivity index (χ4n) is 2.31. The molecule has 3 nitrogen and oxygen atoms in total. The van der Waals surface area contributed by atoms with Crippen LogP contribution >= 0.6 is 27.5 Å². The van der Waals surface area contributed by atoms with E-state index in [1.54, 1.807) is 0 Å². The molecule has 0 bridgehead atoms. The highest BCUT2D eigenvalue weighted by atomic mass is 79.9. The lowest BCUT2D eigenvalue weighted by atomic mass is 10.0. The van der Waals surface area contributed by atoms with Crippen molar-refractivity contribution in [2.24, 2.45) is 0 Å². The first-order valence-corrected chi connectivity index (χ1v) is 8.76. The summed E-state index contributed by atoms with van der Waals surface area (Å²) < 4.78 is 1.05. The first kappa shape index (κ1) is 18.0. The van der Waals surface area contributed by atoms with Gasteiger partial charge in [-0.3, -0.25) is 4.79 Å². The number of carbonyl (C=O) groups is 1. The molecular weight excluding hydrogens is 376 g/mol. The van der Waals surface area contributed by atoms with Gasteiger partial charge < -0.3 is 10.6 Å². The van der Waals surface area contributed by atoms with Gasteiger partial charge in [-0.25, -0.2) is 0 Å². The van der Waals surface area contributed by atoms with E-state index in [9.17, 15) is 4.79 Å². The predicted octanol–water partition coefficient (Wildman–Crippen LogP) is 4.46. The maximum Gasteiger partial charge on any atom is 0.234 e. The summed E-state index contributed by atoms with van der Waals surface area (Å²) in [5.41, 5.74) is 2.09. The number of hydrogen-bond acceptors (Lipinski definition) is 2. The van der Waals surface area contributed by atoms with E-state index in [0.29, 0.717) is 11.6 Å². The van der Waals surface area contributed by atoms with Gasteiger partial charge in [0.1, 0.15) is 0 Å². The Labute approximate surface area is 150 Å². The minimum absolute atomic E-state index is 0.0412. The minimum Gasteiger partial charge on any atom is -0.351 e. The lowest BCUT2D eigenvalue weighted by Crippen LogP contribution is -2.35. The van der Waals surface area contributed by atoms with Crippen LogP contribution in [0.25, 0.3) is 0 Å². The topological polar surface area (TPSA) is 41.1 Å². The SMILES string of the molecule is CC[C@@H](NCC(=O)NCc1ccccc1Cl)c1ccc(Br)cc1. The molecule has 0 spiro atoms. The molecule has 1 amide bonds. The third-order valence-electron chi connectivity index (χ3n) is 3.62. The van der Waals surface area contributed by atoms with E-state index >= 15 is 0 Å². The van der Waals surface area contributed by atoms with Gasteiger partial charge in [-0.15, -0.1) is 0 Å². The van der Waals surface area contributed by atoms with Gasteiger partial charge in [0.2, 0.25) is 5.91 Å². The third-order valence-corrected chi connectivity index (χ3v) is 4.52. The molecule has 0 unspecified atom stereocenters. The Balaban J connectivity index is 1.83. The zero-order chi connectivity index (χ0) is 16.7. The van der Waals surface area contributed by atoms with Gasteiger partial charge in [-0.05, 0) is 35.7 Å². The monoisotopic (exact) mass is 394 g/mol. The minimum atomic E-state index is -0.0412. The maximum atomic E-state index is 12.0. The van der Waals surface area contributed by atoms with Crippen molar-refractivity contribution in [1.82, 2.24) is 10.6 Å². The van der Waals surface area contributed by atoms with Crippen LogP contribution < -0.4 is 10.6 Å². The summed E-state index contributed by atoms with van der Waals surface area (Å²) in [4.78, 5) is 12.0. The molecule has 1 atom stereocenters. The quantitative estimate of drug-likeness (QED) is 0.727. The summed E-state index contributed by atoms with van der Waals surface area (Å²) in [5, 5.41) is 6.85. The smallest absolute Gasteiger partial charge is 0.234 e. The van der Waals surface area contributed by atoms with Crippen molar-refractivity contribution in [2.75, 3.05) is 6.54 Å². The Kier molecular flexibility index (Phi) is 7.09. The van der Waals surface area contributed by atoms with Crippen LogP contribution in [0.4, 0.5) is 0 Å². The van der Waals surface area contributed by atoms with E-state index < -0.39 is 0 Å². The average molecular weight is 396 g/mol. The standard InChI is InChI=1S/C18H20BrClN2O/c1-2-17(13-7-9-15(19)10-8-13)21-12-18(23)22-11-14-5-3-4-6-16(14)20/h3-10,17,21H,2,11-12H2,1H3,(H,22,23)/t17-/m1/s1. The lowest BCUT2D eigenvalue weighted by molar-refractivity contribution is -0.120. The van der Waals surface area contributed by atoms with E-state index in [4.69, 9.17) is 11.6 Å². The van der Waals surface area contributed by atoms with E-state index in [0.717, 1.165) is 16.5 Å². The summed E-state index contributed by atoms with van der Waals surface area (Å²) in [6.07, 6.45) is 0.916. The fraction of sp³-hybridized carbons (Fsp3) is 0.278. The second-order valence-electron chi connectivity index (χ2n) is 5.26. The Morgan fingerprint density at radius 1 is 1.17 bits per heavy atom. The van der Waals surface area contributed by atoms with Gasteiger partial charge >= 0.3 is 0 Å². The van der Waals surface area contributed by atoms with Gasteiger partial charge in [-0.1, -0.05) is 64.8 Å². The predicted molar refractivity (Wildman–Crippen MR) is 98.5 cm³/mol. The van der Waals surface area contributed by atoms with Crippen LogP contribution in [0.1, 0.15) is 30.5 Å². The highest BCUT2D eigenvalue weighted by Gasteiger charge is 2.11. The zero-order valence-electron chi connectivity index (χ0n) is 13.0. The van der Waals surface area contributed by atoms with Crippen LogP contribution in [-0.2, 0) is 11.3 Å². The van der Waals surface area contributed by atoms with Gasteiger partial charge in [0, 0.05) is 22.1 Å². The van der Waals surface area contributed by atoms with Crippen LogP contribution in [0.5, 0.6) is 0 Å². The number of nitrogens with one attached hydrogen (secondary N) is 2. The molecule has 0 saturated heterocycles. The molecule has 122 valence electrons. The van der Waals surface area contributed by atoms with E-state index in [2.05, 4.69) is 45.6 Å². The van der Waals surface area contributed by atoms with Crippen molar-refractivity contribution in [3.8, 4) is 0 Å². The molecule has 0 heterocycles. The number of halogens is 2. The number of amides is 1. The number of carbonyl (C=O) groups excluding carboxylic acids is 1. The number of hydrogen-bond donors (Lipinski definition) is 2. The highest BCUT2D eigenvalue weighted by molar-refractivity contribution is 9.10. The Morgan fingerprint density at radius 3 is 2.52 bits per heavy atom. The third kappa shape index (κ3) is 5.65. The first-order chi connectivity index (χ1) is 11.1. The second-order valence-corrected chi connectivity index (χ2v) is 6.58. The van der Waals surface area contributed by atoms with Crippen LogP contribution in [0, 0.1) is 0 Å². The molecule has 0 aromatic heterocycles. The van der Waals surface area contributed by atoms with Crippen molar-refractivity contribution in [2.45, 2.75) is 25.9 Å².